The summed E-state index contributed by atoms with van der Waals surface area (Å²) in [7, 11) is -2.63. The van der Waals surface area contributed by atoms with Gasteiger partial charge in [0, 0.05) is 18.5 Å². The van der Waals surface area contributed by atoms with Crippen molar-refractivity contribution >= 4 is 15.9 Å². The molecule has 0 unspecified atom stereocenters. The number of sulfonamides is 1. The number of nitrogens with one attached hydrogen (secondary N) is 1. The van der Waals surface area contributed by atoms with E-state index in [2.05, 4.69) is 9.97 Å². The summed E-state index contributed by atoms with van der Waals surface area (Å²) in [5.41, 5.74) is -0.00255. The van der Waals surface area contributed by atoms with Crippen molar-refractivity contribution in [2.75, 3.05) is 7.11 Å². The van der Waals surface area contributed by atoms with E-state index in [0.717, 1.165) is 0 Å². The van der Waals surface area contributed by atoms with Crippen molar-refractivity contribution in [1.29, 1.82) is 0 Å². The van der Waals surface area contributed by atoms with Gasteiger partial charge in [-0.3, -0.25) is 4.79 Å². The van der Waals surface area contributed by atoms with Crippen LogP contribution in [0.25, 0.3) is 0 Å². The SMILES string of the molecule is COc1ncc(C(=O)NS(=O)(=O)c2cc(C)oc2C)cn1. The number of hydrogen-bond acceptors (Lipinski definition) is 7. The number of furan rings is 1. The van der Waals surface area contributed by atoms with E-state index >= 15 is 0 Å². The molecule has 0 aliphatic carbocycles. The predicted octanol–water partition coefficient (Wildman–Crippen LogP) is 0.814. The van der Waals surface area contributed by atoms with Gasteiger partial charge in [0.1, 0.15) is 16.4 Å². The standard InChI is InChI=1S/C12H13N3O5S/c1-7-4-10(8(2)20-7)21(17,18)15-11(16)9-5-13-12(19-3)14-6-9/h4-6H,1-3H3,(H,15,16). The highest BCUT2D eigenvalue weighted by Crippen LogP contribution is 2.19. The highest BCUT2D eigenvalue weighted by Gasteiger charge is 2.23. The topological polar surface area (TPSA) is 111 Å². The number of carbonyl (C=O) groups excluding carboxylic acids is 1. The van der Waals surface area contributed by atoms with Crippen LogP contribution in [0.4, 0.5) is 0 Å². The van der Waals surface area contributed by atoms with Crippen LogP contribution in [0.3, 0.4) is 0 Å². The number of ether oxygens (including phenoxy) is 1. The van der Waals surface area contributed by atoms with E-state index in [1.54, 1.807) is 6.92 Å². The number of aromatic nitrogens is 2. The molecule has 2 heterocycles. The number of methoxy groups -OCH3 is 1. The molecule has 0 spiro atoms. The van der Waals surface area contributed by atoms with Gasteiger partial charge in [-0.15, -0.1) is 0 Å². The Labute approximate surface area is 121 Å². The summed E-state index contributed by atoms with van der Waals surface area (Å²) in [6, 6.07) is 1.42. The molecule has 1 N–H and O–H groups in total. The summed E-state index contributed by atoms with van der Waals surface area (Å²) in [6.07, 6.45) is 2.34. The van der Waals surface area contributed by atoms with Gasteiger partial charge >= 0.3 is 6.01 Å². The molecular weight excluding hydrogens is 298 g/mol. The van der Waals surface area contributed by atoms with Gasteiger partial charge in [-0.1, -0.05) is 0 Å². The zero-order valence-electron chi connectivity index (χ0n) is 11.6. The van der Waals surface area contributed by atoms with Crippen LogP contribution in [-0.4, -0.2) is 31.4 Å². The molecule has 0 aromatic carbocycles. The Morgan fingerprint density at radius 2 is 1.90 bits per heavy atom. The van der Waals surface area contributed by atoms with Crippen molar-refractivity contribution in [1.82, 2.24) is 14.7 Å². The lowest BCUT2D eigenvalue weighted by Gasteiger charge is -2.05. The van der Waals surface area contributed by atoms with Crippen molar-refractivity contribution in [3.05, 3.63) is 35.5 Å². The number of rotatable bonds is 4. The summed E-state index contributed by atoms with van der Waals surface area (Å²) in [5, 5.41) is 0. The van der Waals surface area contributed by atoms with Crippen LogP contribution in [0.1, 0.15) is 21.9 Å². The molecule has 1 amide bonds. The number of aryl methyl sites for hydroxylation is 2. The molecule has 21 heavy (non-hydrogen) atoms. The first-order valence-electron chi connectivity index (χ1n) is 5.83. The van der Waals surface area contributed by atoms with Crippen molar-refractivity contribution in [2.24, 2.45) is 0 Å². The fraction of sp³-hybridized carbons (Fsp3) is 0.250. The van der Waals surface area contributed by atoms with Gasteiger partial charge in [0.05, 0.1) is 12.7 Å². The predicted molar refractivity (Wildman–Crippen MR) is 71.4 cm³/mol. The number of amides is 1. The van der Waals surface area contributed by atoms with Crippen LogP contribution in [0.15, 0.2) is 27.8 Å². The second kappa shape index (κ2) is 5.52. The Morgan fingerprint density at radius 3 is 2.38 bits per heavy atom. The van der Waals surface area contributed by atoms with E-state index in [4.69, 9.17) is 9.15 Å². The van der Waals surface area contributed by atoms with Crippen LogP contribution < -0.4 is 9.46 Å². The zero-order valence-corrected chi connectivity index (χ0v) is 12.4. The highest BCUT2D eigenvalue weighted by molar-refractivity contribution is 7.90. The molecule has 0 radical (unpaired) electrons. The van der Waals surface area contributed by atoms with Crippen LogP contribution in [-0.2, 0) is 10.0 Å². The van der Waals surface area contributed by atoms with Gasteiger partial charge in [0.25, 0.3) is 15.9 Å². The third kappa shape index (κ3) is 3.19. The molecule has 2 aromatic rings. The zero-order chi connectivity index (χ0) is 15.6. The molecule has 0 atom stereocenters. The summed E-state index contributed by atoms with van der Waals surface area (Å²) in [5.74, 6) is -0.192. The van der Waals surface area contributed by atoms with E-state index in [9.17, 15) is 13.2 Å². The Hall–Kier alpha value is -2.42. The molecule has 0 aliphatic heterocycles. The summed E-state index contributed by atoms with van der Waals surface area (Å²) >= 11 is 0. The van der Waals surface area contributed by atoms with Gasteiger partial charge in [-0.05, 0) is 13.8 Å². The lowest BCUT2D eigenvalue weighted by atomic mass is 10.3. The lowest BCUT2D eigenvalue weighted by Crippen LogP contribution is -2.30. The van der Waals surface area contributed by atoms with E-state index in [1.165, 1.54) is 32.5 Å². The number of hydrogen-bond donors (Lipinski definition) is 1. The van der Waals surface area contributed by atoms with Gasteiger partial charge in [0.15, 0.2) is 0 Å². The third-order valence-electron chi connectivity index (χ3n) is 2.58. The van der Waals surface area contributed by atoms with Crippen LogP contribution in [0.2, 0.25) is 0 Å². The maximum Gasteiger partial charge on any atom is 0.316 e. The van der Waals surface area contributed by atoms with E-state index in [0.29, 0.717) is 5.76 Å². The molecule has 0 bridgehead atoms. The Morgan fingerprint density at radius 1 is 1.29 bits per heavy atom. The molecular formula is C12H13N3O5S. The van der Waals surface area contributed by atoms with Crippen molar-refractivity contribution in [3.63, 3.8) is 0 Å². The van der Waals surface area contributed by atoms with Gasteiger partial charge in [-0.2, -0.15) is 0 Å². The second-order valence-corrected chi connectivity index (χ2v) is 5.82. The minimum absolute atomic E-state index is 0.00255. The second-order valence-electron chi connectivity index (χ2n) is 4.17. The summed E-state index contributed by atoms with van der Waals surface area (Å²) in [6.45, 7) is 3.12. The van der Waals surface area contributed by atoms with Crippen molar-refractivity contribution < 1.29 is 22.4 Å². The van der Waals surface area contributed by atoms with Crippen LogP contribution >= 0.6 is 0 Å². The molecule has 112 valence electrons. The third-order valence-corrected chi connectivity index (χ3v) is 4.02. The number of nitrogens with zero attached hydrogens (tertiary/aromatic N) is 2. The fourth-order valence-corrected chi connectivity index (χ4v) is 2.86. The van der Waals surface area contributed by atoms with Crippen molar-refractivity contribution in [2.45, 2.75) is 18.7 Å². The average molecular weight is 311 g/mol. The first kappa shape index (κ1) is 15.0. The minimum atomic E-state index is -4.01. The average Bonchev–Trinajstić information content (AvgIpc) is 2.78. The molecule has 0 fully saturated rings. The molecule has 2 rings (SSSR count). The maximum absolute atomic E-state index is 12.1. The molecule has 2 aromatic heterocycles. The molecule has 0 saturated carbocycles. The van der Waals surface area contributed by atoms with E-state index in [-0.39, 0.29) is 22.2 Å². The Balaban J connectivity index is 2.23. The summed E-state index contributed by atoms with van der Waals surface area (Å²) in [4.78, 5) is 19.3. The first-order chi connectivity index (χ1) is 9.83. The maximum atomic E-state index is 12.1. The molecule has 9 heteroatoms. The summed E-state index contributed by atoms with van der Waals surface area (Å²) < 4.78 is 36.1. The van der Waals surface area contributed by atoms with Crippen LogP contribution in [0.5, 0.6) is 6.01 Å². The number of carbonyl (C=O) groups is 1. The van der Waals surface area contributed by atoms with Gasteiger partial charge in [0.2, 0.25) is 0 Å². The van der Waals surface area contributed by atoms with E-state index in [1.807, 2.05) is 4.72 Å². The van der Waals surface area contributed by atoms with E-state index < -0.39 is 15.9 Å². The van der Waals surface area contributed by atoms with Crippen molar-refractivity contribution in [3.8, 4) is 6.01 Å². The molecule has 0 aliphatic rings. The fourth-order valence-electron chi connectivity index (χ4n) is 1.65. The smallest absolute Gasteiger partial charge is 0.316 e. The Kier molecular flexibility index (Phi) is 3.94. The highest BCUT2D eigenvalue weighted by atomic mass is 32.2. The first-order valence-corrected chi connectivity index (χ1v) is 7.32. The Bertz CT molecular complexity index is 765. The van der Waals surface area contributed by atoms with Gasteiger partial charge in [-0.25, -0.2) is 23.1 Å². The molecule has 8 nitrogen and oxygen atoms in total. The van der Waals surface area contributed by atoms with Crippen LogP contribution in [0, 0.1) is 13.8 Å². The molecule has 0 saturated heterocycles. The quantitative estimate of drug-likeness (QED) is 0.889. The normalized spacial score (nSPS) is 11.2. The largest absolute Gasteiger partial charge is 0.467 e. The minimum Gasteiger partial charge on any atom is -0.467 e. The van der Waals surface area contributed by atoms with Gasteiger partial charge < -0.3 is 9.15 Å². The monoisotopic (exact) mass is 311 g/mol. The lowest BCUT2D eigenvalue weighted by molar-refractivity contribution is 0.0980.